The third-order valence-corrected chi connectivity index (χ3v) is 3.82. The molecule has 0 radical (unpaired) electrons. The Morgan fingerprint density at radius 2 is 2.25 bits per heavy atom. The molecule has 0 aliphatic heterocycles. The molecule has 3 aromatic rings. The molecule has 7 nitrogen and oxygen atoms in total. The molecular weight excluding hydrogens is 278 g/mol. The lowest BCUT2D eigenvalue weighted by Crippen LogP contribution is -1.99. The number of ether oxygens (including phenoxy) is 1. The van der Waals surface area contributed by atoms with E-state index in [0.29, 0.717) is 18.2 Å². The monoisotopic (exact) mass is 293 g/mol. The van der Waals surface area contributed by atoms with E-state index in [9.17, 15) is 0 Å². The molecule has 8 heteroatoms. The SMILES string of the molecule is CNc1nc2sc(OCCCO)nc2c2c1ncn2C. The van der Waals surface area contributed by atoms with Crippen molar-refractivity contribution in [2.45, 2.75) is 6.42 Å². The van der Waals surface area contributed by atoms with Gasteiger partial charge in [-0.25, -0.2) is 9.97 Å². The van der Waals surface area contributed by atoms with E-state index in [2.05, 4.69) is 20.3 Å². The summed E-state index contributed by atoms with van der Waals surface area (Å²) >= 11 is 1.40. The lowest BCUT2D eigenvalue weighted by molar-refractivity contribution is 0.233. The topological polar surface area (TPSA) is 85.1 Å². The number of hydrogen-bond acceptors (Lipinski definition) is 7. The van der Waals surface area contributed by atoms with Crippen molar-refractivity contribution in [3.05, 3.63) is 6.33 Å². The molecule has 3 rings (SSSR count). The highest BCUT2D eigenvalue weighted by molar-refractivity contribution is 7.20. The van der Waals surface area contributed by atoms with Crippen LogP contribution < -0.4 is 10.1 Å². The van der Waals surface area contributed by atoms with E-state index in [1.807, 2.05) is 18.7 Å². The van der Waals surface area contributed by atoms with Crippen LogP contribution in [0.3, 0.4) is 0 Å². The molecule has 2 N–H and O–H groups in total. The first-order chi connectivity index (χ1) is 9.74. The van der Waals surface area contributed by atoms with Gasteiger partial charge in [0.05, 0.1) is 12.9 Å². The number of aliphatic hydroxyl groups excluding tert-OH is 1. The molecule has 3 heterocycles. The van der Waals surface area contributed by atoms with Crippen LogP contribution in [0.5, 0.6) is 5.19 Å². The summed E-state index contributed by atoms with van der Waals surface area (Å²) in [5, 5.41) is 12.4. The van der Waals surface area contributed by atoms with Gasteiger partial charge in [0.2, 0.25) is 0 Å². The standard InChI is InChI=1S/C12H15N5O2S/c1-13-10-7-9(17(2)6-14-7)8-11(16-10)20-12(15-8)19-5-3-4-18/h6,18H,3-5H2,1-2H3,(H,13,16). The third kappa shape index (κ3) is 2.06. The fraction of sp³-hybridized carbons (Fsp3) is 0.417. The molecular formula is C12H15N5O2S. The maximum Gasteiger partial charge on any atom is 0.275 e. The average Bonchev–Trinajstić information content (AvgIpc) is 3.01. The van der Waals surface area contributed by atoms with Crippen LogP contribution in [0.1, 0.15) is 6.42 Å². The van der Waals surface area contributed by atoms with Crippen molar-refractivity contribution in [2.24, 2.45) is 7.05 Å². The molecule has 0 fully saturated rings. The van der Waals surface area contributed by atoms with E-state index >= 15 is 0 Å². The van der Waals surface area contributed by atoms with Gasteiger partial charge in [0.1, 0.15) is 16.6 Å². The van der Waals surface area contributed by atoms with Crippen molar-refractivity contribution in [3.63, 3.8) is 0 Å². The van der Waals surface area contributed by atoms with Crippen LogP contribution >= 0.6 is 11.3 Å². The van der Waals surface area contributed by atoms with Gasteiger partial charge < -0.3 is 19.7 Å². The zero-order valence-electron chi connectivity index (χ0n) is 11.3. The Morgan fingerprint density at radius 1 is 1.40 bits per heavy atom. The first-order valence-electron chi connectivity index (χ1n) is 6.27. The number of nitrogens with zero attached hydrogens (tertiary/aromatic N) is 4. The minimum Gasteiger partial charge on any atom is -0.470 e. The Morgan fingerprint density at radius 3 is 3.00 bits per heavy atom. The van der Waals surface area contributed by atoms with Crippen molar-refractivity contribution in [2.75, 3.05) is 25.6 Å². The number of aromatic nitrogens is 4. The molecule has 0 aliphatic carbocycles. The molecule has 20 heavy (non-hydrogen) atoms. The number of rotatable bonds is 5. The number of pyridine rings is 1. The predicted molar refractivity (Wildman–Crippen MR) is 78.4 cm³/mol. The van der Waals surface area contributed by atoms with Crippen LogP contribution in [0.25, 0.3) is 21.4 Å². The molecule has 0 amide bonds. The third-order valence-electron chi connectivity index (χ3n) is 2.95. The van der Waals surface area contributed by atoms with Gasteiger partial charge in [-0.05, 0) is 0 Å². The number of hydrogen-bond donors (Lipinski definition) is 2. The van der Waals surface area contributed by atoms with Gasteiger partial charge in [0.15, 0.2) is 10.6 Å². The second-order valence-corrected chi connectivity index (χ2v) is 5.26. The van der Waals surface area contributed by atoms with Gasteiger partial charge in [-0.1, -0.05) is 11.3 Å². The van der Waals surface area contributed by atoms with E-state index < -0.39 is 0 Å². The number of aryl methyl sites for hydroxylation is 1. The number of anilines is 1. The van der Waals surface area contributed by atoms with E-state index in [1.54, 1.807) is 6.33 Å². The maximum absolute atomic E-state index is 8.77. The first kappa shape index (κ1) is 13.1. The van der Waals surface area contributed by atoms with Gasteiger partial charge in [0.25, 0.3) is 5.19 Å². The molecule has 0 aliphatic rings. The molecule has 3 aromatic heterocycles. The summed E-state index contributed by atoms with van der Waals surface area (Å²) in [6.07, 6.45) is 2.34. The minimum atomic E-state index is 0.110. The number of nitrogens with one attached hydrogen (secondary N) is 1. The van der Waals surface area contributed by atoms with E-state index in [0.717, 1.165) is 27.2 Å². The molecule has 0 saturated carbocycles. The van der Waals surface area contributed by atoms with Crippen LogP contribution in [0.4, 0.5) is 5.82 Å². The summed E-state index contributed by atoms with van der Waals surface area (Å²) in [6, 6.07) is 0. The van der Waals surface area contributed by atoms with Crippen LogP contribution in [0.2, 0.25) is 0 Å². The number of thiazole rings is 1. The van der Waals surface area contributed by atoms with Crippen LogP contribution in [-0.4, -0.2) is 44.9 Å². The van der Waals surface area contributed by atoms with Gasteiger partial charge in [-0.15, -0.1) is 0 Å². The highest BCUT2D eigenvalue weighted by atomic mass is 32.1. The Hall–Kier alpha value is -1.93. The fourth-order valence-electron chi connectivity index (χ4n) is 2.02. The number of aliphatic hydroxyl groups is 1. The van der Waals surface area contributed by atoms with Crippen molar-refractivity contribution in [1.82, 2.24) is 19.5 Å². The molecule has 106 valence electrons. The predicted octanol–water partition coefficient (Wildman–Crippen LogP) is 1.38. The van der Waals surface area contributed by atoms with Crippen molar-refractivity contribution >= 4 is 38.5 Å². The molecule has 0 bridgehead atoms. The molecule has 0 saturated heterocycles. The van der Waals surface area contributed by atoms with Crippen molar-refractivity contribution in [3.8, 4) is 5.19 Å². The highest BCUT2D eigenvalue weighted by Gasteiger charge is 2.16. The zero-order chi connectivity index (χ0) is 14.1. The molecule has 0 aromatic carbocycles. The van der Waals surface area contributed by atoms with Gasteiger partial charge in [0, 0.05) is 27.1 Å². The van der Waals surface area contributed by atoms with Gasteiger partial charge in [-0.2, -0.15) is 4.98 Å². The Labute approximate surface area is 119 Å². The van der Waals surface area contributed by atoms with Crippen LogP contribution in [-0.2, 0) is 7.05 Å². The minimum absolute atomic E-state index is 0.110. The summed E-state index contributed by atoms with van der Waals surface area (Å²) in [5.74, 6) is 0.735. The zero-order valence-corrected chi connectivity index (χ0v) is 12.1. The highest BCUT2D eigenvalue weighted by Crippen LogP contribution is 2.33. The van der Waals surface area contributed by atoms with Crippen molar-refractivity contribution in [1.29, 1.82) is 0 Å². The summed E-state index contributed by atoms with van der Waals surface area (Å²) < 4.78 is 7.46. The quantitative estimate of drug-likeness (QED) is 0.691. The first-order valence-corrected chi connectivity index (χ1v) is 7.09. The van der Waals surface area contributed by atoms with Gasteiger partial charge >= 0.3 is 0 Å². The smallest absolute Gasteiger partial charge is 0.275 e. The summed E-state index contributed by atoms with van der Waals surface area (Å²) in [7, 11) is 3.75. The summed E-state index contributed by atoms with van der Waals surface area (Å²) in [6.45, 7) is 0.558. The molecule has 0 atom stereocenters. The Kier molecular flexibility index (Phi) is 3.41. The van der Waals surface area contributed by atoms with E-state index in [1.165, 1.54) is 11.3 Å². The molecule has 0 spiro atoms. The lowest BCUT2D eigenvalue weighted by atomic mass is 10.3. The Balaban J connectivity index is 2.12. The summed E-state index contributed by atoms with van der Waals surface area (Å²) in [5.41, 5.74) is 2.53. The number of imidazole rings is 1. The second-order valence-electron chi connectivity index (χ2n) is 4.32. The molecule has 0 unspecified atom stereocenters. The normalized spacial score (nSPS) is 11.3. The van der Waals surface area contributed by atoms with E-state index in [-0.39, 0.29) is 6.61 Å². The maximum atomic E-state index is 8.77. The average molecular weight is 293 g/mol. The second kappa shape index (κ2) is 5.22. The van der Waals surface area contributed by atoms with Crippen molar-refractivity contribution < 1.29 is 9.84 Å². The number of fused-ring (bicyclic) bond motifs is 3. The summed E-state index contributed by atoms with van der Waals surface area (Å²) in [4.78, 5) is 14.2. The van der Waals surface area contributed by atoms with Crippen LogP contribution in [0.15, 0.2) is 6.33 Å². The van der Waals surface area contributed by atoms with E-state index in [4.69, 9.17) is 9.84 Å². The fourth-order valence-corrected chi connectivity index (χ4v) is 2.84. The lowest BCUT2D eigenvalue weighted by Gasteiger charge is -2.01. The Bertz CT molecular complexity index is 751. The van der Waals surface area contributed by atoms with Crippen LogP contribution in [0, 0.1) is 0 Å². The van der Waals surface area contributed by atoms with Gasteiger partial charge in [-0.3, -0.25) is 0 Å². The largest absolute Gasteiger partial charge is 0.470 e.